The van der Waals surface area contributed by atoms with Crippen molar-refractivity contribution in [3.8, 4) is 0 Å². The Morgan fingerprint density at radius 3 is 2.48 bits per heavy atom. The molecule has 0 aliphatic carbocycles. The zero-order valence-electron chi connectivity index (χ0n) is 12.5. The van der Waals surface area contributed by atoms with Crippen LogP contribution < -0.4 is 15.8 Å². The van der Waals surface area contributed by atoms with E-state index >= 15 is 0 Å². The molecule has 118 valence electrons. The van der Waals surface area contributed by atoms with Gasteiger partial charge < -0.3 is 15.4 Å². The molecule has 7 nitrogen and oxygen atoms in total. The summed E-state index contributed by atoms with van der Waals surface area (Å²) in [5.41, 5.74) is 0.921. The molecule has 0 radical (unpaired) electrons. The summed E-state index contributed by atoms with van der Waals surface area (Å²) in [5, 5.41) is 11.4. The fraction of sp³-hybridized carbons (Fsp3) is 0.462. The number of primary sulfonamides is 1. The Balaban J connectivity index is 2.58. The van der Waals surface area contributed by atoms with Crippen LogP contribution in [0.1, 0.15) is 12.5 Å². The summed E-state index contributed by atoms with van der Waals surface area (Å²) in [5.74, 6) is 0.648. The van der Waals surface area contributed by atoms with Gasteiger partial charge in [0.05, 0.1) is 11.5 Å². The van der Waals surface area contributed by atoms with E-state index in [1.54, 1.807) is 26.3 Å². The highest BCUT2D eigenvalue weighted by atomic mass is 32.2. The van der Waals surface area contributed by atoms with Gasteiger partial charge >= 0.3 is 0 Å². The van der Waals surface area contributed by atoms with Crippen molar-refractivity contribution >= 4 is 16.0 Å². The van der Waals surface area contributed by atoms with Crippen molar-refractivity contribution in [1.29, 1.82) is 0 Å². The second kappa shape index (κ2) is 7.96. The van der Waals surface area contributed by atoms with E-state index < -0.39 is 10.0 Å². The molecule has 0 spiro atoms. The van der Waals surface area contributed by atoms with Crippen molar-refractivity contribution in [2.45, 2.75) is 24.4 Å². The molecular weight excluding hydrogens is 292 g/mol. The van der Waals surface area contributed by atoms with Crippen molar-refractivity contribution in [2.24, 2.45) is 10.1 Å². The SMILES string of the molecule is CN=C(NCc1ccc(S(N)(=O)=O)cc1)NC(C)COC. The summed E-state index contributed by atoms with van der Waals surface area (Å²) >= 11 is 0. The molecule has 0 amide bonds. The molecule has 0 heterocycles. The number of nitrogens with two attached hydrogens (primary N) is 1. The number of hydrogen-bond donors (Lipinski definition) is 3. The molecule has 0 aliphatic rings. The van der Waals surface area contributed by atoms with Crippen LogP contribution in [0.25, 0.3) is 0 Å². The molecule has 0 bridgehead atoms. The zero-order chi connectivity index (χ0) is 15.9. The van der Waals surface area contributed by atoms with Gasteiger partial charge in [-0.25, -0.2) is 13.6 Å². The van der Waals surface area contributed by atoms with Gasteiger partial charge in [-0.1, -0.05) is 12.1 Å². The van der Waals surface area contributed by atoms with Crippen LogP contribution in [-0.4, -0.2) is 41.2 Å². The summed E-state index contributed by atoms with van der Waals surface area (Å²) in [4.78, 5) is 4.20. The number of methoxy groups -OCH3 is 1. The molecule has 1 unspecified atom stereocenters. The molecule has 0 saturated heterocycles. The lowest BCUT2D eigenvalue weighted by Gasteiger charge is -2.17. The Kier molecular flexibility index (Phi) is 6.60. The van der Waals surface area contributed by atoms with Gasteiger partial charge in [0.25, 0.3) is 0 Å². The zero-order valence-corrected chi connectivity index (χ0v) is 13.3. The number of benzene rings is 1. The molecule has 4 N–H and O–H groups in total. The van der Waals surface area contributed by atoms with E-state index in [0.717, 1.165) is 5.56 Å². The first kappa shape index (κ1) is 17.4. The molecule has 1 aromatic carbocycles. The molecule has 8 heteroatoms. The minimum absolute atomic E-state index is 0.0995. The Morgan fingerprint density at radius 2 is 2.00 bits per heavy atom. The van der Waals surface area contributed by atoms with Crippen LogP contribution in [0, 0.1) is 0 Å². The van der Waals surface area contributed by atoms with Crippen LogP contribution in [0.15, 0.2) is 34.2 Å². The van der Waals surface area contributed by atoms with Gasteiger partial charge in [-0.15, -0.1) is 0 Å². The average molecular weight is 314 g/mol. The van der Waals surface area contributed by atoms with Crippen molar-refractivity contribution in [2.75, 3.05) is 20.8 Å². The van der Waals surface area contributed by atoms with E-state index in [-0.39, 0.29) is 10.9 Å². The van der Waals surface area contributed by atoms with Gasteiger partial charge in [0.15, 0.2) is 5.96 Å². The van der Waals surface area contributed by atoms with Gasteiger partial charge in [0.1, 0.15) is 0 Å². The van der Waals surface area contributed by atoms with E-state index in [1.807, 2.05) is 6.92 Å². The molecule has 0 fully saturated rings. The van der Waals surface area contributed by atoms with Gasteiger partial charge in [0.2, 0.25) is 10.0 Å². The molecule has 0 aromatic heterocycles. The minimum Gasteiger partial charge on any atom is -0.383 e. The van der Waals surface area contributed by atoms with Crippen LogP contribution in [0.3, 0.4) is 0 Å². The average Bonchev–Trinajstić information content (AvgIpc) is 2.43. The number of ether oxygens (including phenoxy) is 1. The highest BCUT2D eigenvalue weighted by Gasteiger charge is 2.07. The minimum atomic E-state index is -3.65. The maximum atomic E-state index is 11.2. The number of rotatable bonds is 6. The fourth-order valence-electron chi connectivity index (χ4n) is 1.70. The first-order valence-corrected chi connectivity index (χ1v) is 7.99. The Hall–Kier alpha value is -1.64. The second-order valence-electron chi connectivity index (χ2n) is 4.62. The third-order valence-electron chi connectivity index (χ3n) is 2.74. The lowest BCUT2D eigenvalue weighted by Crippen LogP contribution is -2.43. The van der Waals surface area contributed by atoms with Crippen LogP contribution >= 0.6 is 0 Å². The molecule has 0 aliphatic heterocycles. The van der Waals surface area contributed by atoms with E-state index in [9.17, 15) is 8.42 Å². The van der Waals surface area contributed by atoms with Crippen LogP contribution in [0.2, 0.25) is 0 Å². The van der Waals surface area contributed by atoms with Crippen molar-refractivity contribution in [3.63, 3.8) is 0 Å². The predicted octanol–water partition coefficient (Wildman–Crippen LogP) is 0.0339. The normalized spacial score (nSPS) is 13.8. The molecule has 1 rings (SSSR count). The van der Waals surface area contributed by atoms with Gasteiger partial charge in [-0.3, -0.25) is 4.99 Å². The van der Waals surface area contributed by atoms with E-state index in [2.05, 4.69) is 15.6 Å². The third-order valence-corrected chi connectivity index (χ3v) is 3.66. The molecule has 1 aromatic rings. The van der Waals surface area contributed by atoms with E-state index in [1.165, 1.54) is 12.1 Å². The molecular formula is C13H22N4O3S. The van der Waals surface area contributed by atoms with Crippen LogP contribution in [0.5, 0.6) is 0 Å². The van der Waals surface area contributed by atoms with Gasteiger partial charge in [-0.2, -0.15) is 0 Å². The monoisotopic (exact) mass is 314 g/mol. The topological polar surface area (TPSA) is 106 Å². The Bertz CT molecular complexity index is 570. The van der Waals surface area contributed by atoms with Crippen molar-refractivity contribution in [1.82, 2.24) is 10.6 Å². The summed E-state index contributed by atoms with van der Waals surface area (Å²) in [6, 6.07) is 6.51. The summed E-state index contributed by atoms with van der Waals surface area (Å²) in [7, 11) is -0.328. The summed E-state index contributed by atoms with van der Waals surface area (Å²) < 4.78 is 27.4. The number of nitrogens with one attached hydrogen (secondary N) is 2. The maximum absolute atomic E-state index is 11.2. The number of nitrogens with zero attached hydrogens (tertiary/aromatic N) is 1. The van der Waals surface area contributed by atoms with E-state index in [4.69, 9.17) is 9.88 Å². The lowest BCUT2D eigenvalue weighted by molar-refractivity contribution is 0.179. The largest absolute Gasteiger partial charge is 0.383 e. The second-order valence-corrected chi connectivity index (χ2v) is 6.18. The van der Waals surface area contributed by atoms with Crippen LogP contribution in [-0.2, 0) is 21.3 Å². The Morgan fingerprint density at radius 1 is 1.38 bits per heavy atom. The summed E-state index contributed by atoms with van der Waals surface area (Å²) in [6.07, 6.45) is 0. The number of sulfonamides is 1. The van der Waals surface area contributed by atoms with Gasteiger partial charge in [0, 0.05) is 26.7 Å². The Labute approximate surface area is 125 Å². The fourth-order valence-corrected chi connectivity index (χ4v) is 2.22. The predicted molar refractivity (Wildman–Crippen MR) is 82.5 cm³/mol. The molecule has 21 heavy (non-hydrogen) atoms. The van der Waals surface area contributed by atoms with Crippen molar-refractivity contribution in [3.05, 3.63) is 29.8 Å². The highest BCUT2D eigenvalue weighted by Crippen LogP contribution is 2.08. The first-order valence-electron chi connectivity index (χ1n) is 6.44. The highest BCUT2D eigenvalue weighted by molar-refractivity contribution is 7.89. The summed E-state index contributed by atoms with van der Waals surface area (Å²) in [6.45, 7) is 3.07. The number of hydrogen-bond acceptors (Lipinski definition) is 4. The molecule has 1 atom stereocenters. The first-order chi connectivity index (χ1) is 9.86. The third kappa shape index (κ3) is 6.11. The maximum Gasteiger partial charge on any atom is 0.238 e. The van der Waals surface area contributed by atoms with Crippen molar-refractivity contribution < 1.29 is 13.2 Å². The van der Waals surface area contributed by atoms with E-state index in [0.29, 0.717) is 19.1 Å². The van der Waals surface area contributed by atoms with Gasteiger partial charge in [-0.05, 0) is 24.6 Å². The van der Waals surface area contributed by atoms with Crippen LogP contribution in [0.4, 0.5) is 0 Å². The lowest BCUT2D eigenvalue weighted by atomic mass is 10.2. The number of guanidine groups is 1. The quantitative estimate of drug-likeness (QED) is 0.507. The standard InChI is InChI=1S/C13H22N4O3S/c1-10(9-20-3)17-13(15-2)16-8-11-4-6-12(7-5-11)21(14,18)19/h4-7,10H,8-9H2,1-3H3,(H2,14,18,19)(H2,15,16,17). The number of aliphatic imine (C=N–C) groups is 1. The molecule has 0 saturated carbocycles. The smallest absolute Gasteiger partial charge is 0.238 e.